The van der Waals surface area contributed by atoms with Gasteiger partial charge >= 0.3 is 0 Å². The second-order valence-electron chi connectivity index (χ2n) is 15.8. The number of ether oxygens (including phenoxy) is 1. The molecule has 0 fully saturated rings. The standard InChI is InChI=1S/C52H40N3OS2.Pt/c1-33-34(2)55(51-42(35-14-8-6-9-15-35)20-13-21-43(51)36-16-10-7-11-17-36)32-54(33)40-18-12-19-41(29-40)56-49-31-45-48(58-49)27-38-26-37-23-25-57-47(37)30-44(38)50(45)46-28-39(22-24-53-46)52(3,4)5;/h6-28,30,32H,1-5H3;/q-3;. The van der Waals surface area contributed by atoms with Crippen LogP contribution >= 0.6 is 22.7 Å². The van der Waals surface area contributed by atoms with Crippen LogP contribution in [-0.4, -0.2) is 4.98 Å². The summed E-state index contributed by atoms with van der Waals surface area (Å²) in [7, 11) is 0. The van der Waals surface area contributed by atoms with Gasteiger partial charge in [-0.25, -0.2) is 0 Å². The molecule has 0 amide bonds. The molecular weight excluding hydrogens is 942 g/mol. The Kier molecular flexibility index (Phi) is 10.3. The number of hydrogen-bond acceptors (Lipinski definition) is 6. The van der Waals surface area contributed by atoms with Gasteiger partial charge in [0.25, 0.3) is 0 Å². The summed E-state index contributed by atoms with van der Waals surface area (Å²) in [6.07, 6.45) is 1.94. The number of thiophene rings is 2. The quantitative estimate of drug-likeness (QED) is 0.149. The molecule has 10 rings (SSSR count). The number of rotatable bonds is 7. The molecule has 0 radical (unpaired) electrons. The third-order valence-electron chi connectivity index (χ3n) is 11.1. The molecule has 0 saturated heterocycles. The third-order valence-corrected chi connectivity index (χ3v) is 12.9. The van der Waals surface area contributed by atoms with Crippen LogP contribution in [0.4, 0.5) is 11.4 Å². The van der Waals surface area contributed by atoms with Crippen LogP contribution < -0.4 is 14.5 Å². The third kappa shape index (κ3) is 7.18. The summed E-state index contributed by atoms with van der Waals surface area (Å²) in [6.45, 7) is 13.3. The molecule has 0 aliphatic carbocycles. The monoisotopic (exact) mass is 981 g/mol. The predicted octanol–water partition coefficient (Wildman–Crippen LogP) is 15.1. The van der Waals surface area contributed by atoms with E-state index in [4.69, 9.17) is 9.72 Å². The van der Waals surface area contributed by atoms with Crippen molar-refractivity contribution in [3.8, 4) is 44.3 Å². The van der Waals surface area contributed by atoms with Crippen LogP contribution in [0.5, 0.6) is 10.8 Å². The molecular formula is C52H40N3OPtS2-3. The van der Waals surface area contributed by atoms with E-state index in [1.807, 2.05) is 18.3 Å². The van der Waals surface area contributed by atoms with Gasteiger partial charge in [0, 0.05) is 71.6 Å². The number of pyridine rings is 1. The first-order valence-corrected chi connectivity index (χ1v) is 21.2. The maximum atomic E-state index is 6.67. The number of aromatic nitrogens is 1. The van der Waals surface area contributed by atoms with Gasteiger partial charge in [-0.15, -0.1) is 48.0 Å². The normalized spacial score (nSPS) is 13.2. The minimum Gasteiger partial charge on any atom is -0.497 e. The Balaban J connectivity index is 0.00000449. The van der Waals surface area contributed by atoms with E-state index in [0.29, 0.717) is 10.8 Å². The van der Waals surface area contributed by atoms with Crippen LogP contribution in [0.15, 0.2) is 156 Å². The number of fused-ring (bicyclic) bond motifs is 3. The molecule has 6 aromatic carbocycles. The minimum absolute atomic E-state index is 0. The summed E-state index contributed by atoms with van der Waals surface area (Å²) >= 11 is 3.37. The molecule has 3 aromatic heterocycles. The first kappa shape index (κ1) is 39.0. The van der Waals surface area contributed by atoms with Gasteiger partial charge in [-0.3, -0.25) is 4.98 Å². The summed E-state index contributed by atoms with van der Waals surface area (Å²) in [5.41, 5.74) is 12.2. The average molecular weight is 982 g/mol. The zero-order valence-corrected chi connectivity index (χ0v) is 37.2. The Morgan fingerprint density at radius 1 is 0.678 bits per heavy atom. The molecule has 9 aromatic rings. The van der Waals surface area contributed by atoms with Crippen LogP contribution in [-0.2, 0) is 26.5 Å². The number of allylic oxidation sites excluding steroid dienone is 2. The SMILES string of the molecule is CC1=C(C)N(c2c(-c3ccccc3)cccc2-c2ccccc2)[CH-]N1c1[c-]c(Oc2[c-]c3c(-c4cc(C(C)(C)C)ccn4)c4cc5sccc5cc4cc3s2)ccc1.[Pt]. The fourth-order valence-corrected chi connectivity index (χ4v) is 9.69. The van der Waals surface area contributed by atoms with Gasteiger partial charge in [0.1, 0.15) is 5.06 Å². The first-order valence-electron chi connectivity index (χ1n) is 19.5. The summed E-state index contributed by atoms with van der Waals surface area (Å²) in [5.74, 6) is 0.631. The summed E-state index contributed by atoms with van der Waals surface area (Å²) in [4.78, 5) is 9.48. The number of benzene rings is 6. The Morgan fingerprint density at radius 3 is 2.08 bits per heavy atom. The van der Waals surface area contributed by atoms with Crippen molar-refractivity contribution in [1.82, 2.24) is 4.98 Å². The van der Waals surface area contributed by atoms with Gasteiger partial charge in [0.15, 0.2) is 0 Å². The average Bonchev–Trinajstić information content (AvgIpc) is 3.95. The predicted molar refractivity (Wildman–Crippen MR) is 246 cm³/mol. The largest absolute Gasteiger partial charge is 0.497 e. The van der Waals surface area contributed by atoms with Crippen molar-refractivity contribution < 1.29 is 25.8 Å². The van der Waals surface area contributed by atoms with Gasteiger partial charge in [-0.2, -0.15) is 22.8 Å². The van der Waals surface area contributed by atoms with Crippen LogP contribution in [0.25, 0.3) is 64.5 Å². The fraction of sp³-hybridized carbons (Fsp3) is 0.115. The van der Waals surface area contributed by atoms with E-state index in [0.717, 1.165) is 44.1 Å². The molecule has 4 nitrogen and oxygen atoms in total. The Hall–Kier alpha value is -5.52. The molecule has 0 spiro atoms. The van der Waals surface area contributed by atoms with Gasteiger partial charge in [-0.05, 0) is 82.4 Å². The van der Waals surface area contributed by atoms with Crippen LogP contribution in [0.3, 0.4) is 0 Å². The maximum Gasteiger partial charge on any atom is 0.107 e. The number of nitrogens with zero attached hydrogens (tertiary/aromatic N) is 3. The van der Waals surface area contributed by atoms with Crippen molar-refractivity contribution in [2.24, 2.45) is 0 Å². The molecule has 0 N–H and O–H groups in total. The Labute approximate surface area is 368 Å². The summed E-state index contributed by atoms with van der Waals surface area (Å²) in [6, 6.07) is 54.7. The number of anilines is 2. The topological polar surface area (TPSA) is 28.6 Å². The Bertz CT molecular complexity index is 2980. The van der Waals surface area contributed by atoms with Crippen molar-refractivity contribution in [1.29, 1.82) is 0 Å². The number of hydrogen-bond donors (Lipinski definition) is 0. The fourth-order valence-electron chi connectivity index (χ4n) is 7.96. The molecule has 294 valence electrons. The number of para-hydroxylation sites is 1. The van der Waals surface area contributed by atoms with E-state index in [-0.39, 0.29) is 26.5 Å². The maximum absolute atomic E-state index is 6.67. The molecule has 0 atom stereocenters. The molecule has 0 saturated carbocycles. The van der Waals surface area contributed by atoms with E-state index >= 15 is 0 Å². The smallest absolute Gasteiger partial charge is 0.107 e. The van der Waals surface area contributed by atoms with Crippen molar-refractivity contribution in [2.45, 2.75) is 40.0 Å². The van der Waals surface area contributed by atoms with Crippen LogP contribution in [0.1, 0.15) is 40.2 Å². The Morgan fingerprint density at radius 2 is 1.37 bits per heavy atom. The van der Waals surface area contributed by atoms with Gasteiger partial charge in [0.2, 0.25) is 0 Å². The van der Waals surface area contributed by atoms with Crippen molar-refractivity contribution in [2.75, 3.05) is 9.80 Å². The van der Waals surface area contributed by atoms with Crippen LogP contribution in [0.2, 0.25) is 0 Å². The van der Waals surface area contributed by atoms with Gasteiger partial charge in [-0.1, -0.05) is 121 Å². The molecule has 7 heteroatoms. The molecule has 1 aliphatic rings. The molecule has 1 aliphatic heterocycles. The van der Waals surface area contributed by atoms with E-state index in [1.165, 1.54) is 48.7 Å². The molecule has 0 unspecified atom stereocenters. The molecule has 4 heterocycles. The van der Waals surface area contributed by atoms with E-state index in [1.54, 1.807) is 22.7 Å². The van der Waals surface area contributed by atoms with E-state index < -0.39 is 0 Å². The molecule has 0 bridgehead atoms. The van der Waals surface area contributed by atoms with Crippen LogP contribution in [0, 0.1) is 18.8 Å². The van der Waals surface area contributed by atoms with Crippen molar-refractivity contribution in [3.05, 3.63) is 181 Å². The molecule has 59 heavy (non-hydrogen) atoms. The second kappa shape index (κ2) is 15.6. The first-order chi connectivity index (χ1) is 28.2. The summed E-state index contributed by atoms with van der Waals surface area (Å²) < 4.78 is 9.03. The second-order valence-corrected chi connectivity index (χ2v) is 17.8. The van der Waals surface area contributed by atoms with Crippen molar-refractivity contribution in [3.63, 3.8) is 0 Å². The minimum atomic E-state index is -0.0127. The van der Waals surface area contributed by atoms with Crippen molar-refractivity contribution >= 4 is 65.0 Å². The van der Waals surface area contributed by atoms with Gasteiger partial charge in [0.05, 0.1) is 0 Å². The summed E-state index contributed by atoms with van der Waals surface area (Å²) in [5, 5.41) is 7.47. The van der Waals surface area contributed by atoms with E-state index in [2.05, 4.69) is 190 Å². The van der Waals surface area contributed by atoms with E-state index in [9.17, 15) is 0 Å². The zero-order chi connectivity index (χ0) is 39.5. The zero-order valence-electron chi connectivity index (χ0n) is 33.3. The van der Waals surface area contributed by atoms with Gasteiger partial charge < -0.3 is 14.5 Å².